The Kier molecular flexibility index (Phi) is 7.20. The van der Waals surface area contributed by atoms with Crippen LogP contribution in [0.15, 0.2) is 21.9 Å². The van der Waals surface area contributed by atoms with E-state index in [1.165, 1.54) is 20.0 Å². The largest absolute Gasteiger partial charge is 0.811 e. The Labute approximate surface area is 176 Å². The molecule has 15 heteroatoms. The van der Waals surface area contributed by atoms with Crippen LogP contribution in [-0.2, 0) is 35.1 Å². The van der Waals surface area contributed by atoms with Gasteiger partial charge in [-0.15, -0.1) is 0 Å². The van der Waals surface area contributed by atoms with E-state index in [1.807, 2.05) is 0 Å². The van der Waals surface area contributed by atoms with E-state index in [0.717, 1.165) is 10.6 Å². The summed E-state index contributed by atoms with van der Waals surface area (Å²) in [5, 5.41) is 0. The van der Waals surface area contributed by atoms with E-state index in [9.17, 15) is 28.8 Å². The van der Waals surface area contributed by atoms with Gasteiger partial charge in [0.25, 0.3) is 5.56 Å². The van der Waals surface area contributed by atoms with E-state index in [4.69, 9.17) is 30.5 Å². The van der Waals surface area contributed by atoms with Gasteiger partial charge in [-0.3, -0.25) is 14.3 Å². The quantitative estimate of drug-likeness (QED) is 0.289. The maximum absolute atomic E-state index is 12.3. The second kappa shape index (κ2) is 9.03. The third-order valence-electron chi connectivity index (χ3n) is 4.89. The van der Waals surface area contributed by atoms with Crippen molar-refractivity contribution in [1.29, 1.82) is 0 Å². The van der Waals surface area contributed by atoms with Crippen LogP contribution in [0.3, 0.4) is 0 Å². The monoisotopic (exact) mass is 483 g/mol. The topological polar surface area (TPSA) is 178 Å². The van der Waals surface area contributed by atoms with Crippen LogP contribution >= 0.6 is 14.1 Å². The molecule has 1 aliphatic carbocycles. The Bertz CT molecular complexity index is 971. The standard InChI is InChI=1S/C15H24N2O10P2S/c1-24-5-6-25-13-12(27-28(2,20)30)11(8-7-9(8)29(21,22)23)26-14(13)17-4-3-10(18)16-15(17)19/h3-4,8-9,11-14H,5-7H2,1-2H3,(H,20,30)(H,16,18,19)(H2,21,22,23)/p-3. The third kappa shape index (κ3) is 5.55. The lowest BCUT2D eigenvalue weighted by Crippen LogP contribution is -2.41. The summed E-state index contributed by atoms with van der Waals surface area (Å²) in [6, 6.07) is 1.10. The molecule has 1 saturated carbocycles. The maximum atomic E-state index is 12.3. The summed E-state index contributed by atoms with van der Waals surface area (Å²) in [5.41, 5.74) is -2.59. The van der Waals surface area contributed by atoms with Crippen LogP contribution in [-0.4, -0.2) is 60.5 Å². The smallest absolute Gasteiger partial charge is 0.330 e. The molecule has 0 radical (unpaired) electrons. The molecule has 170 valence electrons. The van der Waals surface area contributed by atoms with Crippen LogP contribution in [0.5, 0.6) is 0 Å². The highest BCUT2D eigenvalue weighted by atomic mass is 32.5. The molecule has 1 aliphatic heterocycles. The first-order valence-electron chi connectivity index (χ1n) is 8.98. The van der Waals surface area contributed by atoms with Crippen molar-refractivity contribution in [2.75, 3.05) is 27.0 Å². The number of nitrogens with one attached hydrogen (secondary N) is 1. The molecule has 3 rings (SSSR count). The van der Waals surface area contributed by atoms with Crippen molar-refractivity contribution < 1.29 is 38.0 Å². The first kappa shape index (κ1) is 23.9. The number of rotatable bonds is 9. The predicted molar refractivity (Wildman–Crippen MR) is 101 cm³/mol. The summed E-state index contributed by atoms with van der Waals surface area (Å²) >= 11 is 4.87. The summed E-state index contributed by atoms with van der Waals surface area (Å²) in [5.74, 6) is -0.727. The molecule has 2 aliphatic rings. The molecule has 0 aromatic carbocycles. The summed E-state index contributed by atoms with van der Waals surface area (Å²) < 4.78 is 34.6. The fourth-order valence-electron chi connectivity index (χ4n) is 3.56. The van der Waals surface area contributed by atoms with E-state index in [2.05, 4.69) is 4.98 Å². The average molecular weight is 483 g/mol. The van der Waals surface area contributed by atoms with Gasteiger partial charge < -0.3 is 38.0 Å². The number of aromatic amines is 1. The number of hydrogen-bond donors (Lipinski definition) is 1. The molecule has 1 N–H and O–H groups in total. The molecule has 7 unspecified atom stereocenters. The van der Waals surface area contributed by atoms with Gasteiger partial charge >= 0.3 is 5.69 Å². The Morgan fingerprint density at radius 2 is 2.00 bits per heavy atom. The fraction of sp³-hybridized carbons (Fsp3) is 0.733. The number of nitrogens with zero attached hydrogens (tertiary/aromatic N) is 1. The molecule has 2 fully saturated rings. The molecule has 12 nitrogen and oxygen atoms in total. The molecule has 1 aromatic rings. The predicted octanol–water partition coefficient (Wildman–Crippen LogP) is -2.55. The Balaban J connectivity index is 1.98. The van der Waals surface area contributed by atoms with Crippen molar-refractivity contribution in [3.05, 3.63) is 33.1 Å². The first-order valence-corrected chi connectivity index (χ1v) is 13.7. The maximum Gasteiger partial charge on any atom is 0.330 e. The van der Waals surface area contributed by atoms with Gasteiger partial charge in [0.15, 0.2) is 6.23 Å². The molecule has 1 saturated heterocycles. The molecule has 0 bridgehead atoms. The minimum absolute atomic E-state index is 0.0400. The van der Waals surface area contributed by atoms with E-state index in [0.29, 0.717) is 0 Å². The molecular formula is C15H21N2O10P2S-3. The Morgan fingerprint density at radius 1 is 1.30 bits per heavy atom. The zero-order chi connectivity index (χ0) is 22.3. The number of hydrogen-bond acceptors (Lipinski definition) is 11. The SMILES string of the molecule is COCCOC1C(OP(C)([O-])=S)C(C2CC2P(=O)([O-])[O-])OC1n1ccc(=O)[nH]c1=O. The van der Waals surface area contributed by atoms with Crippen molar-refractivity contribution >= 4 is 25.9 Å². The van der Waals surface area contributed by atoms with Crippen LogP contribution in [0, 0.1) is 5.92 Å². The van der Waals surface area contributed by atoms with Crippen molar-refractivity contribution in [3.8, 4) is 0 Å². The highest BCUT2D eigenvalue weighted by Gasteiger charge is 2.57. The zero-order valence-corrected chi connectivity index (χ0v) is 18.7. The Morgan fingerprint density at radius 3 is 2.53 bits per heavy atom. The van der Waals surface area contributed by atoms with E-state index in [-0.39, 0.29) is 19.6 Å². The minimum atomic E-state index is -4.87. The molecule has 30 heavy (non-hydrogen) atoms. The Hall–Kier alpha value is -0.720. The molecular weight excluding hydrogens is 462 g/mol. The molecule has 2 heterocycles. The van der Waals surface area contributed by atoms with E-state index >= 15 is 0 Å². The fourth-order valence-corrected chi connectivity index (χ4v) is 5.68. The summed E-state index contributed by atoms with van der Waals surface area (Å²) in [4.78, 5) is 60.9. The van der Waals surface area contributed by atoms with Crippen molar-refractivity contribution in [2.45, 2.75) is 36.6 Å². The van der Waals surface area contributed by atoms with E-state index in [1.54, 1.807) is 0 Å². The van der Waals surface area contributed by atoms with Gasteiger partial charge in [-0.2, -0.15) is 0 Å². The number of ether oxygens (including phenoxy) is 3. The van der Waals surface area contributed by atoms with Gasteiger partial charge in [0.2, 0.25) is 0 Å². The molecule has 0 amide bonds. The van der Waals surface area contributed by atoms with Gasteiger partial charge in [0.05, 0.1) is 19.3 Å². The lowest BCUT2D eigenvalue weighted by molar-refractivity contribution is -0.314. The van der Waals surface area contributed by atoms with Crippen LogP contribution in [0.25, 0.3) is 0 Å². The van der Waals surface area contributed by atoms with Crippen LogP contribution in [0.4, 0.5) is 0 Å². The average Bonchev–Trinajstić information content (AvgIpc) is 3.34. The lowest BCUT2D eigenvalue weighted by Gasteiger charge is -2.34. The lowest BCUT2D eigenvalue weighted by atomic mass is 10.1. The molecule has 0 spiro atoms. The zero-order valence-electron chi connectivity index (χ0n) is 16.1. The van der Waals surface area contributed by atoms with Gasteiger partial charge in [0, 0.05) is 19.4 Å². The summed E-state index contributed by atoms with van der Waals surface area (Å²) in [6.07, 6.45) is -3.09. The van der Waals surface area contributed by atoms with Crippen molar-refractivity contribution in [3.63, 3.8) is 0 Å². The van der Waals surface area contributed by atoms with E-state index < -0.39 is 61.5 Å². The van der Waals surface area contributed by atoms with Crippen molar-refractivity contribution in [2.24, 2.45) is 5.92 Å². The highest BCUT2D eigenvalue weighted by Crippen LogP contribution is 2.58. The third-order valence-corrected chi connectivity index (χ3v) is 7.19. The number of aromatic nitrogens is 2. The normalized spacial score (nSPS) is 33.4. The van der Waals surface area contributed by atoms with Gasteiger partial charge in [-0.25, -0.2) is 4.79 Å². The van der Waals surface area contributed by atoms with Crippen molar-refractivity contribution in [1.82, 2.24) is 9.55 Å². The van der Waals surface area contributed by atoms with Crippen LogP contribution < -0.4 is 25.9 Å². The van der Waals surface area contributed by atoms with Gasteiger partial charge in [-0.05, 0) is 31.2 Å². The van der Waals surface area contributed by atoms with Crippen LogP contribution in [0.1, 0.15) is 12.6 Å². The first-order chi connectivity index (χ1) is 13.9. The highest BCUT2D eigenvalue weighted by molar-refractivity contribution is 8.08. The van der Waals surface area contributed by atoms with Gasteiger partial charge in [0.1, 0.15) is 12.2 Å². The molecule has 7 atom stereocenters. The number of H-pyrrole nitrogens is 1. The second-order valence-corrected chi connectivity index (χ2v) is 12.7. The van der Waals surface area contributed by atoms with Gasteiger partial charge in [-0.1, -0.05) is 19.4 Å². The number of methoxy groups -OCH3 is 1. The summed E-state index contributed by atoms with van der Waals surface area (Å²) in [6.45, 7) is -2.09. The second-order valence-electron chi connectivity index (χ2n) is 7.18. The minimum Gasteiger partial charge on any atom is -0.811 e. The molecule has 1 aromatic heterocycles. The van der Waals surface area contributed by atoms with Crippen LogP contribution in [0.2, 0.25) is 0 Å². The summed E-state index contributed by atoms with van der Waals surface area (Å²) in [7, 11) is -3.42.